The maximum atomic E-state index is 12.0. The van der Waals surface area contributed by atoms with Gasteiger partial charge in [0.15, 0.2) is 10.9 Å². The molecule has 3 aromatic rings. The maximum Gasteiger partial charge on any atom is 0.264 e. The lowest BCUT2D eigenvalue weighted by Gasteiger charge is -2.05. The van der Waals surface area contributed by atoms with E-state index in [9.17, 15) is 9.59 Å². The molecule has 3 rings (SSSR count). The van der Waals surface area contributed by atoms with Gasteiger partial charge < -0.3 is 10.1 Å². The fourth-order valence-electron chi connectivity index (χ4n) is 2.32. The Bertz CT molecular complexity index is 968. The Labute approximate surface area is 187 Å². The number of benzene rings is 2. The summed E-state index contributed by atoms with van der Waals surface area (Å²) in [5, 5.41) is 14.3. The van der Waals surface area contributed by atoms with E-state index in [-0.39, 0.29) is 24.2 Å². The van der Waals surface area contributed by atoms with E-state index >= 15 is 0 Å². The van der Waals surface area contributed by atoms with Crippen LogP contribution in [0.25, 0.3) is 0 Å². The molecule has 0 aliphatic heterocycles. The largest absolute Gasteiger partial charge is 0.484 e. The van der Waals surface area contributed by atoms with Crippen molar-refractivity contribution >= 4 is 51.6 Å². The van der Waals surface area contributed by atoms with Crippen LogP contribution >= 0.6 is 34.7 Å². The normalized spacial score (nSPS) is 10.4. The molecule has 10 heteroatoms. The van der Waals surface area contributed by atoms with Crippen molar-refractivity contribution in [2.45, 2.75) is 10.8 Å². The van der Waals surface area contributed by atoms with Crippen LogP contribution in [-0.2, 0) is 16.0 Å². The predicted octanol–water partition coefficient (Wildman–Crippen LogP) is 3.66. The van der Waals surface area contributed by atoms with Gasteiger partial charge in [0.2, 0.25) is 11.0 Å². The van der Waals surface area contributed by atoms with Crippen molar-refractivity contribution in [3.8, 4) is 5.75 Å². The zero-order valence-corrected chi connectivity index (χ0v) is 18.2. The first-order valence-corrected chi connectivity index (χ1v) is 11.2. The molecule has 1 heterocycles. The first-order valence-electron chi connectivity index (χ1n) is 9.03. The molecule has 2 aromatic carbocycles. The number of hydrogen-bond acceptors (Lipinski definition) is 7. The van der Waals surface area contributed by atoms with Crippen LogP contribution in [0.5, 0.6) is 5.75 Å². The first-order chi connectivity index (χ1) is 14.6. The summed E-state index contributed by atoms with van der Waals surface area (Å²) in [6.07, 6.45) is 0.782. The van der Waals surface area contributed by atoms with Gasteiger partial charge in [0.05, 0.1) is 5.75 Å². The zero-order valence-electron chi connectivity index (χ0n) is 15.8. The number of thioether (sulfide) groups is 1. The minimum atomic E-state index is -0.351. The molecule has 0 bridgehead atoms. The van der Waals surface area contributed by atoms with E-state index in [1.807, 2.05) is 30.3 Å². The van der Waals surface area contributed by atoms with Crippen molar-refractivity contribution in [1.29, 1.82) is 0 Å². The van der Waals surface area contributed by atoms with E-state index in [0.29, 0.717) is 26.8 Å². The van der Waals surface area contributed by atoms with Gasteiger partial charge in [-0.05, 0) is 36.2 Å². The average molecular weight is 463 g/mol. The van der Waals surface area contributed by atoms with Crippen LogP contribution in [0.2, 0.25) is 5.02 Å². The van der Waals surface area contributed by atoms with Crippen molar-refractivity contribution in [2.75, 3.05) is 24.2 Å². The summed E-state index contributed by atoms with van der Waals surface area (Å²) in [4.78, 5) is 23.9. The van der Waals surface area contributed by atoms with Gasteiger partial charge in [0.1, 0.15) is 5.75 Å². The lowest BCUT2D eigenvalue weighted by molar-refractivity contribution is -0.119. The van der Waals surface area contributed by atoms with Crippen LogP contribution in [0.3, 0.4) is 0 Å². The van der Waals surface area contributed by atoms with Crippen molar-refractivity contribution in [1.82, 2.24) is 15.5 Å². The quantitative estimate of drug-likeness (QED) is 0.353. The van der Waals surface area contributed by atoms with Gasteiger partial charge in [-0.1, -0.05) is 65.0 Å². The van der Waals surface area contributed by atoms with Crippen molar-refractivity contribution in [3.63, 3.8) is 0 Å². The van der Waals surface area contributed by atoms with Gasteiger partial charge in [-0.15, -0.1) is 10.2 Å². The molecular formula is C20H19ClN4O3S2. The Morgan fingerprint density at radius 2 is 1.80 bits per heavy atom. The Balaban J connectivity index is 1.34. The third-order valence-corrected chi connectivity index (χ3v) is 5.97. The van der Waals surface area contributed by atoms with Crippen LogP contribution in [0.4, 0.5) is 5.13 Å². The lowest BCUT2D eigenvalue weighted by Crippen LogP contribution is -2.27. The first kappa shape index (κ1) is 22.1. The number of nitrogens with zero attached hydrogens (tertiary/aromatic N) is 2. The molecule has 30 heavy (non-hydrogen) atoms. The zero-order chi connectivity index (χ0) is 21.2. The van der Waals surface area contributed by atoms with Gasteiger partial charge in [-0.25, -0.2) is 0 Å². The molecule has 0 saturated heterocycles. The van der Waals surface area contributed by atoms with Crippen LogP contribution in [-0.4, -0.2) is 40.9 Å². The highest BCUT2D eigenvalue weighted by Gasteiger charge is 2.11. The molecule has 2 amide bonds. The minimum Gasteiger partial charge on any atom is -0.484 e. The standard InChI is InChI=1S/C20H19ClN4O3S2/c21-15-6-8-16(9-7-15)28-12-17(26)23-19-24-25-20(30-19)29-13-18(27)22-11-10-14-4-2-1-3-5-14/h1-9H,10-13H2,(H,22,27)(H,23,24,26). The van der Waals surface area contributed by atoms with Crippen LogP contribution in [0.1, 0.15) is 5.56 Å². The summed E-state index contributed by atoms with van der Waals surface area (Å²) >= 11 is 8.28. The molecule has 0 saturated carbocycles. The monoisotopic (exact) mass is 462 g/mol. The number of amides is 2. The van der Waals surface area contributed by atoms with Crippen molar-refractivity contribution in [2.24, 2.45) is 0 Å². The van der Waals surface area contributed by atoms with Gasteiger partial charge in [-0.2, -0.15) is 0 Å². The molecule has 0 atom stereocenters. The van der Waals surface area contributed by atoms with E-state index in [1.54, 1.807) is 24.3 Å². The van der Waals surface area contributed by atoms with Gasteiger partial charge in [-0.3, -0.25) is 14.9 Å². The SMILES string of the molecule is O=C(CSc1nnc(NC(=O)COc2ccc(Cl)cc2)s1)NCCc1ccccc1. The number of halogens is 1. The lowest BCUT2D eigenvalue weighted by atomic mass is 10.1. The van der Waals surface area contributed by atoms with Gasteiger partial charge in [0, 0.05) is 11.6 Å². The smallest absolute Gasteiger partial charge is 0.264 e. The second kappa shape index (κ2) is 11.5. The molecule has 7 nitrogen and oxygen atoms in total. The molecule has 0 aliphatic carbocycles. The number of nitrogens with one attached hydrogen (secondary N) is 2. The Kier molecular flexibility index (Phi) is 8.49. The highest BCUT2D eigenvalue weighted by atomic mass is 35.5. The highest BCUT2D eigenvalue weighted by molar-refractivity contribution is 8.01. The van der Waals surface area contributed by atoms with E-state index in [4.69, 9.17) is 16.3 Å². The molecule has 156 valence electrons. The number of carbonyl (C=O) groups is 2. The number of anilines is 1. The van der Waals surface area contributed by atoms with Crippen molar-refractivity contribution < 1.29 is 14.3 Å². The minimum absolute atomic E-state index is 0.0759. The summed E-state index contributed by atoms with van der Waals surface area (Å²) in [7, 11) is 0. The second-order valence-corrected chi connectivity index (χ2v) is 8.67. The molecule has 0 radical (unpaired) electrons. The Morgan fingerprint density at radius 3 is 2.57 bits per heavy atom. The van der Waals surface area contributed by atoms with Crippen molar-refractivity contribution in [3.05, 3.63) is 65.2 Å². The van der Waals surface area contributed by atoms with E-state index in [0.717, 1.165) is 6.42 Å². The van der Waals surface area contributed by atoms with E-state index < -0.39 is 0 Å². The molecular weight excluding hydrogens is 444 g/mol. The average Bonchev–Trinajstić information content (AvgIpc) is 3.20. The second-order valence-electron chi connectivity index (χ2n) is 6.04. The third kappa shape index (κ3) is 7.66. The summed E-state index contributed by atoms with van der Waals surface area (Å²) in [5.74, 6) is 0.350. The molecule has 0 spiro atoms. The topological polar surface area (TPSA) is 93.2 Å². The summed E-state index contributed by atoms with van der Waals surface area (Å²) in [5.41, 5.74) is 1.18. The molecule has 0 fully saturated rings. The maximum absolute atomic E-state index is 12.0. The Morgan fingerprint density at radius 1 is 1.03 bits per heavy atom. The van der Waals surface area contributed by atoms with Gasteiger partial charge in [0.25, 0.3) is 5.91 Å². The number of carbonyl (C=O) groups excluding carboxylic acids is 2. The molecule has 1 aromatic heterocycles. The fourth-order valence-corrected chi connectivity index (χ4v) is 4.05. The number of aromatic nitrogens is 2. The number of ether oxygens (including phenoxy) is 1. The fraction of sp³-hybridized carbons (Fsp3) is 0.200. The summed E-state index contributed by atoms with van der Waals surface area (Å²) < 4.78 is 5.98. The van der Waals surface area contributed by atoms with E-state index in [1.165, 1.54) is 28.7 Å². The summed E-state index contributed by atoms with van der Waals surface area (Å²) in [6.45, 7) is 0.419. The number of rotatable bonds is 10. The van der Waals surface area contributed by atoms with Crippen LogP contribution < -0.4 is 15.4 Å². The molecule has 0 unspecified atom stereocenters. The molecule has 0 aliphatic rings. The van der Waals surface area contributed by atoms with Crippen LogP contribution in [0.15, 0.2) is 58.9 Å². The van der Waals surface area contributed by atoms with E-state index in [2.05, 4.69) is 20.8 Å². The predicted molar refractivity (Wildman–Crippen MR) is 119 cm³/mol. The summed E-state index contributed by atoms with van der Waals surface area (Å²) in [6, 6.07) is 16.7. The Hall–Kier alpha value is -2.62. The number of hydrogen-bond donors (Lipinski definition) is 2. The third-order valence-electron chi connectivity index (χ3n) is 3.74. The molecule has 2 N–H and O–H groups in total. The van der Waals surface area contributed by atoms with Crippen LogP contribution in [0, 0.1) is 0 Å². The highest BCUT2D eigenvalue weighted by Crippen LogP contribution is 2.25. The van der Waals surface area contributed by atoms with Gasteiger partial charge >= 0.3 is 0 Å².